The van der Waals surface area contributed by atoms with Gasteiger partial charge in [0.15, 0.2) is 25.2 Å². The van der Waals surface area contributed by atoms with E-state index in [4.69, 9.17) is 18.9 Å². The van der Waals surface area contributed by atoms with E-state index < -0.39 is 11.8 Å². The van der Waals surface area contributed by atoms with Gasteiger partial charge in [0.1, 0.15) is 11.5 Å². The maximum absolute atomic E-state index is 13.3. The minimum Gasteiger partial charge on any atom is -0.467 e. The third-order valence-corrected chi connectivity index (χ3v) is 4.86. The Labute approximate surface area is 153 Å². The first-order chi connectivity index (χ1) is 12.4. The van der Waals surface area contributed by atoms with E-state index in [2.05, 4.69) is 13.8 Å². The second-order valence-corrected chi connectivity index (χ2v) is 7.33. The van der Waals surface area contributed by atoms with Gasteiger partial charge in [0, 0.05) is 20.1 Å². The molecule has 3 rings (SSSR count). The number of benzene rings is 1. The number of ether oxygens (including phenoxy) is 4. The van der Waals surface area contributed by atoms with Gasteiger partial charge in [0.05, 0.1) is 17.0 Å². The van der Waals surface area contributed by atoms with Crippen LogP contribution >= 0.6 is 0 Å². The van der Waals surface area contributed by atoms with Crippen molar-refractivity contribution in [2.75, 3.05) is 27.8 Å². The first-order valence-corrected chi connectivity index (χ1v) is 8.58. The van der Waals surface area contributed by atoms with Crippen LogP contribution in [0.3, 0.4) is 0 Å². The average Bonchev–Trinajstić information content (AvgIpc) is 2.61. The first kappa shape index (κ1) is 18.6. The van der Waals surface area contributed by atoms with Crippen molar-refractivity contribution in [1.29, 1.82) is 0 Å². The maximum atomic E-state index is 13.3. The number of carbonyl (C=O) groups is 2. The van der Waals surface area contributed by atoms with E-state index in [-0.39, 0.29) is 41.7 Å². The van der Waals surface area contributed by atoms with Crippen LogP contribution in [-0.4, -0.2) is 39.4 Å². The molecule has 0 bridgehead atoms. The summed E-state index contributed by atoms with van der Waals surface area (Å²) in [5.74, 6) is -0.387. The SMILES string of the molecule is COCOc1ccc(OCOC)c2c1C(=O)C1C=CC(C)(C)CC1C2=O. The molecule has 1 aromatic rings. The average molecular weight is 360 g/mol. The fraction of sp³-hybridized carbons (Fsp3) is 0.500. The Morgan fingerprint density at radius 3 is 2.04 bits per heavy atom. The van der Waals surface area contributed by atoms with Crippen molar-refractivity contribution in [3.05, 3.63) is 35.4 Å². The van der Waals surface area contributed by atoms with Gasteiger partial charge >= 0.3 is 0 Å². The van der Waals surface area contributed by atoms with Crippen molar-refractivity contribution in [2.45, 2.75) is 20.3 Å². The van der Waals surface area contributed by atoms with Gasteiger partial charge in [-0.2, -0.15) is 0 Å². The number of fused-ring (bicyclic) bond motifs is 2. The van der Waals surface area contributed by atoms with Crippen LogP contribution in [0.2, 0.25) is 0 Å². The molecule has 0 fully saturated rings. The van der Waals surface area contributed by atoms with E-state index in [0.29, 0.717) is 17.9 Å². The Hall–Kier alpha value is -2.18. The molecule has 0 heterocycles. The van der Waals surface area contributed by atoms with E-state index >= 15 is 0 Å². The number of carbonyl (C=O) groups excluding carboxylic acids is 2. The van der Waals surface area contributed by atoms with E-state index in [1.165, 1.54) is 14.2 Å². The summed E-state index contributed by atoms with van der Waals surface area (Å²) in [5, 5.41) is 0. The summed E-state index contributed by atoms with van der Waals surface area (Å²) in [6.07, 6.45) is 4.50. The van der Waals surface area contributed by atoms with Gasteiger partial charge in [-0.3, -0.25) is 9.59 Å². The van der Waals surface area contributed by atoms with Crippen LogP contribution in [0, 0.1) is 17.3 Å². The van der Waals surface area contributed by atoms with Crippen molar-refractivity contribution < 1.29 is 28.5 Å². The first-order valence-electron chi connectivity index (χ1n) is 8.58. The molecule has 2 aliphatic rings. The van der Waals surface area contributed by atoms with Crippen LogP contribution in [-0.2, 0) is 9.47 Å². The van der Waals surface area contributed by atoms with Crippen molar-refractivity contribution in [3.8, 4) is 11.5 Å². The molecule has 140 valence electrons. The number of Topliss-reactive ketones (excluding diaryl/α,β-unsaturated/α-hetero) is 2. The van der Waals surface area contributed by atoms with E-state index in [1.807, 2.05) is 12.2 Å². The number of methoxy groups -OCH3 is 2. The van der Waals surface area contributed by atoms with E-state index in [9.17, 15) is 9.59 Å². The molecule has 6 nitrogen and oxygen atoms in total. The molecule has 0 aliphatic heterocycles. The normalized spacial score (nSPS) is 23.4. The topological polar surface area (TPSA) is 71.1 Å². The highest BCUT2D eigenvalue weighted by Crippen LogP contribution is 2.47. The zero-order valence-electron chi connectivity index (χ0n) is 15.5. The smallest absolute Gasteiger partial charge is 0.188 e. The van der Waals surface area contributed by atoms with Gasteiger partial charge in [-0.05, 0) is 24.0 Å². The lowest BCUT2D eigenvalue weighted by Crippen LogP contribution is -2.40. The molecular formula is C20H24O6. The minimum atomic E-state index is -0.467. The van der Waals surface area contributed by atoms with Crippen LogP contribution in [0.15, 0.2) is 24.3 Å². The quantitative estimate of drug-likeness (QED) is 0.573. The zero-order valence-corrected chi connectivity index (χ0v) is 15.5. The van der Waals surface area contributed by atoms with Crippen molar-refractivity contribution >= 4 is 11.6 Å². The van der Waals surface area contributed by atoms with Gasteiger partial charge in [0.25, 0.3) is 0 Å². The number of ketones is 2. The van der Waals surface area contributed by atoms with Crippen LogP contribution < -0.4 is 9.47 Å². The van der Waals surface area contributed by atoms with Crippen LogP contribution in [0.1, 0.15) is 41.0 Å². The van der Waals surface area contributed by atoms with Crippen LogP contribution in [0.25, 0.3) is 0 Å². The number of hydrogen-bond acceptors (Lipinski definition) is 6. The lowest BCUT2D eigenvalue weighted by atomic mass is 9.64. The molecule has 0 N–H and O–H groups in total. The fourth-order valence-corrected chi connectivity index (χ4v) is 3.68. The van der Waals surface area contributed by atoms with Gasteiger partial charge in [0.2, 0.25) is 0 Å². The Bertz CT molecular complexity index is 749. The molecule has 0 saturated heterocycles. The zero-order chi connectivity index (χ0) is 18.9. The third-order valence-electron chi connectivity index (χ3n) is 4.86. The molecule has 2 atom stereocenters. The Balaban J connectivity index is 2.12. The van der Waals surface area contributed by atoms with Gasteiger partial charge in [-0.1, -0.05) is 26.0 Å². The highest BCUT2D eigenvalue weighted by molar-refractivity contribution is 6.19. The lowest BCUT2D eigenvalue weighted by Gasteiger charge is -2.38. The Morgan fingerprint density at radius 2 is 1.50 bits per heavy atom. The van der Waals surface area contributed by atoms with Gasteiger partial charge < -0.3 is 18.9 Å². The Kier molecular flexibility index (Phi) is 5.16. The second kappa shape index (κ2) is 7.21. The van der Waals surface area contributed by atoms with Crippen LogP contribution in [0.5, 0.6) is 11.5 Å². The predicted octanol–water partition coefficient (Wildman–Crippen LogP) is 3.25. The molecule has 2 unspecified atom stereocenters. The van der Waals surface area contributed by atoms with E-state index in [1.54, 1.807) is 12.1 Å². The lowest BCUT2D eigenvalue weighted by molar-refractivity contribution is 0.0447. The van der Waals surface area contributed by atoms with Gasteiger partial charge in [-0.15, -0.1) is 0 Å². The summed E-state index contributed by atoms with van der Waals surface area (Å²) in [7, 11) is 3.00. The molecule has 2 aliphatic carbocycles. The second-order valence-electron chi connectivity index (χ2n) is 7.33. The predicted molar refractivity (Wildman–Crippen MR) is 94.6 cm³/mol. The third kappa shape index (κ3) is 3.27. The highest BCUT2D eigenvalue weighted by Gasteiger charge is 2.47. The summed E-state index contributed by atoms with van der Waals surface area (Å²) >= 11 is 0. The number of hydrogen-bond donors (Lipinski definition) is 0. The molecule has 26 heavy (non-hydrogen) atoms. The number of allylic oxidation sites excluding steroid dienone is 2. The summed E-state index contributed by atoms with van der Waals surface area (Å²) in [6.45, 7) is 4.11. The van der Waals surface area contributed by atoms with Crippen molar-refractivity contribution in [2.24, 2.45) is 17.3 Å². The highest BCUT2D eigenvalue weighted by atomic mass is 16.7. The van der Waals surface area contributed by atoms with E-state index in [0.717, 1.165) is 0 Å². The molecule has 0 spiro atoms. The molecule has 0 aromatic heterocycles. The summed E-state index contributed by atoms with van der Waals surface area (Å²) in [6, 6.07) is 3.27. The molecule has 0 radical (unpaired) electrons. The van der Waals surface area contributed by atoms with Crippen molar-refractivity contribution in [1.82, 2.24) is 0 Å². The summed E-state index contributed by atoms with van der Waals surface area (Å²) < 4.78 is 21.0. The largest absolute Gasteiger partial charge is 0.467 e. The molecule has 0 saturated carbocycles. The molecule has 0 amide bonds. The van der Waals surface area contributed by atoms with Crippen molar-refractivity contribution in [3.63, 3.8) is 0 Å². The van der Waals surface area contributed by atoms with Crippen LogP contribution in [0.4, 0.5) is 0 Å². The number of rotatable bonds is 6. The molecule has 6 heteroatoms. The maximum Gasteiger partial charge on any atom is 0.188 e. The fourth-order valence-electron chi connectivity index (χ4n) is 3.68. The summed E-state index contributed by atoms with van der Waals surface area (Å²) in [4.78, 5) is 26.5. The minimum absolute atomic E-state index is 0.00826. The Morgan fingerprint density at radius 1 is 0.962 bits per heavy atom. The summed E-state index contributed by atoms with van der Waals surface area (Å²) in [5.41, 5.74) is 0.422. The standard InChI is InChI=1S/C20H24O6/c1-20(2)8-7-12-13(9-20)19(22)17-15(26-11-24-4)6-5-14(25-10-23-3)16(17)18(12)21/h5-8,12-13H,9-11H2,1-4H3. The van der Waals surface area contributed by atoms with Gasteiger partial charge in [-0.25, -0.2) is 0 Å². The molecule has 1 aromatic carbocycles. The monoisotopic (exact) mass is 360 g/mol. The molecular weight excluding hydrogens is 336 g/mol.